The molecule has 1 saturated carbocycles. The van der Waals surface area contributed by atoms with E-state index in [-0.39, 0.29) is 23.2 Å². The van der Waals surface area contributed by atoms with E-state index in [1.807, 2.05) is 42.8 Å². The topological polar surface area (TPSA) is 97.8 Å². The summed E-state index contributed by atoms with van der Waals surface area (Å²) in [5.74, 6) is 0.260. The predicted octanol–water partition coefficient (Wildman–Crippen LogP) is 6.88. The van der Waals surface area contributed by atoms with Crippen molar-refractivity contribution in [1.82, 2.24) is 9.71 Å². The van der Waals surface area contributed by atoms with Gasteiger partial charge in [0.1, 0.15) is 16.4 Å². The molecule has 11 heteroatoms. The van der Waals surface area contributed by atoms with Crippen LogP contribution in [0.3, 0.4) is 0 Å². The summed E-state index contributed by atoms with van der Waals surface area (Å²) in [5.41, 5.74) is 2.61. The molecule has 1 fully saturated rings. The van der Waals surface area contributed by atoms with Crippen LogP contribution < -0.4 is 14.4 Å². The van der Waals surface area contributed by atoms with Crippen LogP contribution in [0.1, 0.15) is 72.4 Å². The van der Waals surface area contributed by atoms with Gasteiger partial charge in [-0.25, -0.2) is 18.1 Å². The number of nitrogens with one attached hydrogen (secondary N) is 1. The molecule has 3 aromatic rings. The lowest BCUT2D eigenvalue weighted by molar-refractivity contribution is -0.0805. The van der Waals surface area contributed by atoms with E-state index >= 15 is 0 Å². The molecule has 2 bridgehead atoms. The molecular formula is C36H42ClN3O5S2. The van der Waals surface area contributed by atoms with Crippen LogP contribution in [0.5, 0.6) is 5.75 Å². The van der Waals surface area contributed by atoms with E-state index in [1.165, 1.54) is 11.1 Å². The molecule has 1 aromatic heterocycles. The Morgan fingerprint density at radius 2 is 2.02 bits per heavy atom. The van der Waals surface area contributed by atoms with Gasteiger partial charge < -0.3 is 14.4 Å². The van der Waals surface area contributed by atoms with E-state index in [2.05, 4.69) is 27.8 Å². The first-order chi connectivity index (χ1) is 22.5. The van der Waals surface area contributed by atoms with E-state index in [1.54, 1.807) is 31.4 Å². The molecule has 1 amide bonds. The standard InChI is InChI=1S/C36H42ClN3O5S2/c1-23-6-4-15-36(44-3,34-38-16-17-46-34)30-11-8-27(30)20-40-21-35(14-5-7-25-18-28(37)10-12-29(25)35)22-45-32-13-9-26(19-31(32)40)33(41)39-47(42,43)24(23)2/h4,9-10,12-13,15-19,23-24,27,30H,5-8,11,14,20-22H2,1-3H3,(H,39,41)/b15-4-/t23-,24+,27-,30+,35-,36+/m0/s1. The highest BCUT2D eigenvalue weighted by atomic mass is 35.5. The van der Waals surface area contributed by atoms with Crippen LogP contribution in [0, 0.1) is 17.8 Å². The van der Waals surface area contributed by atoms with Crippen molar-refractivity contribution in [2.45, 2.75) is 68.6 Å². The fourth-order valence-electron chi connectivity index (χ4n) is 8.20. The Labute approximate surface area is 286 Å². The van der Waals surface area contributed by atoms with E-state index in [0.717, 1.165) is 54.4 Å². The number of carbonyl (C=O) groups is 1. The fraction of sp³-hybridized carbons (Fsp3) is 0.500. The third-order valence-corrected chi connectivity index (χ3v) is 14.3. The number of anilines is 1. The number of methoxy groups -OCH3 is 1. The molecule has 0 unspecified atom stereocenters. The lowest BCUT2D eigenvalue weighted by Crippen LogP contribution is -2.52. The second kappa shape index (κ2) is 12.5. The van der Waals surface area contributed by atoms with E-state index < -0.39 is 26.8 Å². The Kier molecular flexibility index (Phi) is 8.68. The third-order valence-electron chi connectivity index (χ3n) is 11.2. The van der Waals surface area contributed by atoms with Gasteiger partial charge in [-0.15, -0.1) is 11.3 Å². The molecular weight excluding hydrogens is 654 g/mol. The van der Waals surface area contributed by atoms with Gasteiger partial charge in [-0.3, -0.25) is 4.79 Å². The summed E-state index contributed by atoms with van der Waals surface area (Å²) >= 11 is 8.04. The van der Waals surface area contributed by atoms with Gasteiger partial charge in [-0.2, -0.15) is 0 Å². The Bertz CT molecular complexity index is 1800. The van der Waals surface area contributed by atoms with Crippen molar-refractivity contribution in [3.63, 3.8) is 0 Å². The van der Waals surface area contributed by atoms with Gasteiger partial charge in [0.25, 0.3) is 5.91 Å². The minimum atomic E-state index is -3.95. The van der Waals surface area contributed by atoms with Crippen molar-refractivity contribution < 1.29 is 22.7 Å². The van der Waals surface area contributed by atoms with Crippen LogP contribution in [0.15, 0.2) is 60.1 Å². The maximum atomic E-state index is 13.5. The summed E-state index contributed by atoms with van der Waals surface area (Å²) in [4.78, 5) is 20.7. The number of carbonyl (C=O) groups excluding carboxylic acids is 1. The van der Waals surface area contributed by atoms with Crippen molar-refractivity contribution in [3.05, 3.63) is 86.8 Å². The van der Waals surface area contributed by atoms with Crippen molar-refractivity contribution in [3.8, 4) is 5.75 Å². The highest BCUT2D eigenvalue weighted by Crippen LogP contribution is 2.52. The first-order valence-corrected chi connectivity index (χ1v) is 19.3. The van der Waals surface area contributed by atoms with Crippen LogP contribution >= 0.6 is 22.9 Å². The molecule has 4 aliphatic rings. The molecule has 0 radical (unpaired) electrons. The second-order valence-electron chi connectivity index (χ2n) is 13.9. The third kappa shape index (κ3) is 5.79. The summed E-state index contributed by atoms with van der Waals surface area (Å²) < 4.78 is 42.3. The Morgan fingerprint density at radius 3 is 2.77 bits per heavy atom. The zero-order valence-electron chi connectivity index (χ0n) is 27.1. The van der Waals surface area contributed by atoms with Gasteiger partial charge >= 0.3 is 0 Å². The second-order valence-corrected chi connectivity index (χ2v) is 17.2. The number of ether oxygens (including phenoxy) is 2. The average Bonchev–Trinajstić information content (AvgIpc) is 3.54. The predicted molar refractivity (Wildman–Crippen MR) is 186 cm³/mol. The van der Waals surface area contributed by atoms with E-state index in [4.69, 9.17) is 26.1 Å². The molecule has 7 rings (SSSR count). The van der Waals surface area contributed by atoms with Crippen LogP contribution in [-0.2, 0) is 32.2 Å². The van der Waals surface area contributed by atoms with Crippen LogP contribution in [0.4, 0.5) is 5.69 Å². The highest BCUT2D eigenvalue weighted by Gasteiger charge is 2.51. The van der Waals surface area contributed by atoms with Gasteiger partial charge in [-0.1, -0.05) is 30.7 Å². The van der Waals surface area contributed by atoms with Crippen molar-refractivity contribution >= 4 is 44.6 Å². The fourth-order valence-corrected chi connectivity index (χ4v) is 10.5. The molecule has 3 heterocycles. The molecule has 2 aliphatic carbocycles. The molecule has 8 nitrogen and oxygen atoms in total. The van der Waals surface area contributed by atoms with Crippen molar-refractivity contribution in [2.24, 2.45) is 17.8 Å². The minimum absolute atomic E-state index is 0.159. The number of sulfonamides is 1. The normalized spacial score (nSPS) is 32.6. The maximum Gasteiger partial charge on any atom is 0.264 e. The Morgan fingerprint density at radius 1 is 1.17 bits per heavy atom. The summed E-state index contributed by atoms with van der Waals surface area (Å²) in [6.45, 7) is 5.48. The average molecular weight is 696 g/mol. The Balaban J connectivity index is 1.35. The number of hydrogen-bond acceptors (Lipinski definition) is 8. The lowest BCUT2D eigenvalue weighted by atomic mass is 9.64. The van der Waals surface area contributed by atoms with E-state index in [0.29, 0.717) is 30.9 Å². The molecule has 250 valence electrons. The smallest absolute Gasteiger partial charge is 0.264 e. The monoisotopic (exact) mass is 695 g/mol. The summed E-state index contributed by atoms with van der Waals surface area (Å²) in [7, 11) is -2.20. The molecule has 1 spiro atoms. The number of aryl methyl sites for hydroxylation is 1. The number of nitrogens with zero attached hydrogens (tertiary/aromatic N) is 2. The zero-order chi connectivity index (χ0) is 33.0. The number of fused-ring (bicyclic) bond motifs is 4. The highest BCUT2D eigenvalue weighted by molar-refractivity contribution is 7.90. The van der Waals surface area contributed by atoms with Crippen LogP contribution in [0.2, 0.25) is 5.02 Å². The number of hydrogen-bond donors (Lipinski definition) is 1. The van der Waals surface area contributed by atoms with Gasteiger partial charge in [-0.05, 0) is 105 Å². The van der Waals surface area contributed by atoms with Crippen LogP contribution in [0.25, 0.3) is 0 Å². The number of benzene rings is 2. The van der Waals surface area contributed by atoms with Crippen molar-refractivity contribution in [2.75, 3.05) is 31.7 Å². The van der Waals surface area contributed by atoms with Gasteiger partial charge in [0.2, 0.25) is 10.0 Å². The quantitative estimate of drug-likeness (QED) is 0.292. The van der Waals surface area contributed by atoms with Crippen molar-refractivity contribution in [1.29, 1.82) is 0 Å². The molecule has 2 aliphatic heterocycles. The number of amides is 1. The molecule has 6 atom stereocenters. The number of thiazole rings is 1. The maximum absolute atomic E-state index is 13.5. The largest absolute Gasteiger partial charge is 0.490 e. The van der Waals surface area contributed by atoms with Crippen LogP contribution in [-0.4, -0.2) is 51.4 Å². The SMILES string of the molecule is CO[C@]1(c2nccs2)/C=C\C[C@H](C)[C@@H](C)S(=O)(=O)NC(=O)c2ccc3c(c2)N(C[C@@H]2CC[C@H]21)C[C@@]1(CCCc2cc(Cl)ccc21)CO3. The Hall–Kier alpha value is -2.92. The molecule has 1 N–H and O–H groups in total. The lowest BCUT2D eigenvalue weighted by Gasteiger charge is -2.49. The summed E-state index contributed by atoms with van der Waals surface area (Å²) in [6.07, 6.45) is 11.5. The first kappa shape index (κ1) is 32.6. The van der Waals surface area contributed by atoms with Gasteiger partial charge in [0, 0.05) is 53.7 Å². The summed E-state index contributed by atoms with van der Waals surface area (Å²) in [5, 5.41) is 2.83. The number of allylic oxidation sites excluding steroid dienone is 1. The van der Waals surface area contributed by atoms with E-state index in [9.17, 15) is 13.2 Å². The molecule has 2 aromatic carbocycles. The summed E-state index contributed by atoms with van der Waals surface area (Å²) in [6, 6.07) is 11.5. The van der Waals surface area contributed by atoms with Gasteiger partial charge in [0.05, 0.1) is 17.5 Å². The minimum Gasteiger partial charge on any atom is -0.490 e. The van der Waals surface area contributed by atoms with Gasteiger partial charge in [0.15, 0.2) is 0 Å². The number of halogens is 1. The number of aromatic nitrogens is 1. The number of rotatable bonds is 2. The zero-order valence-corrected chi connectivity index (χ0v) is 29.5. The first-order valence-electron chi connectivity index (χ1n) is 16.5. The molecule has 47 heavy (non-hydrogen) atoms. The molecule has 0 saturated heterocycles.